The van der Waals surface area contributed by atoms with Crippen molar-refractivity contribution in [1.82, 2.24) is 10.3 Å². The molecule has 1 aromatic heterocycles. The summed E-state index contributed by atoms with van der Waals surface area (Å²) >= 11 is 0. The minimum Gasteiger partial charge on any atom is -0.477 e. The minimum atomic E-state index is -0.843. The first kappa shape index (κ1) is 15.6. The van der Waals surface area contributed by atoms with E-state index in [0.29, 0.717) is 18.7 Å². The topological polar surface area (TPSA) is 64.4 Å². The molecular weight excluding hydrogens is 306 g/mol. The summed E-state index contributed by atoms with van der Waals surface area (Å²) in [5, 5.41) is 3.20. The predicted molar refractivity (Wildman–Crippen MR) is 77.0 cm³/mol. The Morgan fingerprint density at radius 2 is 2.35 bits per heavy atom. The van der Waals surface area contributed by atoms with Gasteiger partial charge in [0.05, 0.1) is 6.20 Å². The number of hydrogen-bond acceptors (Lipinski definition) is 5. The molecule has 1 N–H and O–H groups in total. The highest BCUT2D eigenvalue weighted by atomic mass is 19.1. The van der Waals surface area contributed by atoms with E-state index in [2.05, 4.69) is 10.3 Å². The van der Waals surface area contributed by atoms with Crippen LogP contribution in [0.4, 0.5) is 8.78 Å². The third-order valence-corrected chi connectivity index (χ3v) is 3.85. The molecular formula is C16H16F2N2O3. The van der Waals surface area contributed by atoms with Crippen LogP contribution in [0.3, 0.4) is 0 Å². The van der Waals surface area contributed by atoms with Crippen LogP contribution < -0.4 is 10.1 Å². The molecule has 1 fully saturated rings. The molecule has 2 heterocycles. The normalized spacial score (nSPS) is 18.8. The summed E-state index contributed by atoms with van der Waals surface area (Å²) in [6.45, 7) is 1.50. The first-order valence-corrected chi connectivity index (χ1v) is 7.37. The summed E-state index contributed by atoms with van der Waals surface area (Å²) < 4.78 is 38.7. The number of halogens is 2. The number of aromatic nitrogens is 1. The SMILES string of the molecule is O=CCc1cc(F)cc(F)c1OC(c1ncco1)[C@H]1CCNC1. The Labute approximate surface area is 131 Å². The summed E-state index contributed by atoms with van der Waals surface area (Å²) in [7, 11) is 0. The van der Waals surface area contributed by atoms with Gasteiger partial charge in [-0.1, -0.05) is 0 Å². The van der Waals surface area contributed by atoms with E-state index in [1.54, 1.807) is 0 Å². The van der Waals surface area contributed by atoms with Crippen LogP contribution >= 0.6 is 0 Å². The number of rotatable bonds is 6. The van der Waals surface area contributed by atoms with Gasteiger partial charge in [0.2, 0.25) is 5.89 Å². The van der Waals surface area contributed by atoms with Gasteiger partial charge in [-0.15, -0.1) is 0 Å². The third-order valence-electron chi connectivity index (χ3n) is 3.85. The molecule has 0 spiro atoms. The lowest BCUT2D eigenvalue weighted by atomic mass is 10.0. The van der Waals surface area contributed by atoms with Crippen LogP contribution in [0.5, 0.6) is 5.75 Å². The fraction of sp³-hybridized carbons (Fsp3) is 0.375. The van der Waals surface area contributed by atoms with Crippen molar-refractivity contribution in [2.45, 2.75) is 18.9 Å². The quantitative estimate of drug-likeness (QED) is 0.828. The van der Waals surface area contributed by atoms with Crippen molar-refractivity contribution in [2.75, 3.05) is 13.1 Å². The van der Waals surface area contributed by atoms with E-state index in [0.717, 1.165) is 25.1 Å². The molecule has 23 heavy (non-hydrogen) atoms. The Hall–Kier alpha value is -2.28. The average molecular weight is 322 g/mol. The Bertz CT molecular complexity index is 670. The Morgan fingerprint density at radius 3 is 3.00 bits per heavy atom. The number of hydrogen-bond donors (Lipinski definition) is 1. The van der Waals surface area contributed by atoms with Gasteiger partial charge in [0, 0.05) is 30.5 Å². The van der Waals surface area contributed by atoms with Gasteiger partial charge in [-0.05, 0) is 19.0 Å². The lowest BCUT2D eigenvalue weighted by Gasteiger charge is -2.23. The fourth-order valence-corrected chi connectivity index (χ4v) is 2.77. The standard InChI is InChI=1S/C16H16F2N2O3/c17-12-7-10(2-5-21)14(13(18)8-12)23-15(11-1-3-19-9-11)16-20-4-6-22-16/h4-8,11,15,19H,1-3,9H2/t11-,15?/m0/s1. The molecule has 122 valence electrons. The lowest BCUT2D eigenvalue weighted by molar-refractivity contribution is -0.107. The molecule has 0 radical (unpaired) electrons. The maximum Gasteiger partial charge on any atom is 0.235 e. The second kappa shape index (κ2) is 6.87. The number of aldehydes is 1. The first-order chi connectivity index (χ1) is 11.2. The summed E-state index contributed by atoms with van der Waals surface area (Å²) in [6, 6.07) is 1.84. The Balaban J connectivity index is 1.95. The summed E-state index contributed by atoms with van der Waals surface area (Å²) in [5.41, 5.74) is 0.167. The highest BCUT2D eigenvalue weighted by Crippen LogP contribution is 2.34. The zero-order valence-corrected chi connectivity index (χ0v) is 12.3. The number of carbonyl (C=O) groups excluding carboxylic acids is 1. The van der Waals surface area contributed by atoms with Crippen LogP contribution in [0.25, 0.3) is 0 Å². The molecule has 5 nitrogen and oxygen atoms in total. The maximum atomic E-state index is 14.2. The summed E-state index contributed by atoms with van der Waals surface area (Å²) in [5.74, 6) is -1.35. The molecule has 1 aromatic carbocycles. The second-order valence-electron chi connectivity index (χ2n) is 5.41. The van der Waals surface area contributed by atoms with E-state index in [9.17, 15) is 13.6 Å². The van der Waals surface area contributed by atoms with Crippen LogP contribution in [-0.4, -0.2) is 24.4 Å². The van der Waals surface area contributed by atoms with Crippen LogP contribution in [0.15, 0.2) is 29.0 Å². The maximum absolute atomic E-state index is 14.2. The van der Waals surface area contributed by atoms with Gasteiger partial charge in [0.1, 0.15) is 18.4 Å². The summed E-state index contributed by atoms with van der Waals surface area (Å²) in [4.78, 5) is 14.9. The largest absolute Gasteiger partial charge is 0.477 e. The molecule has 0 amide bonds. The number of carbonyl (C=O) groups is 1. The molecule has 3 rings (SSSR count). The van der Waals surface area contributed by atoms with Gasteiger partial charge in [0.25, 0.3) is 0 Å². The molecule has 0 saturated carbocycles. The van der Waals surface area contributed by atoms with Crippen LogP contribution in [0.1, 0.15) is 24.0 Å². The van der Waals surface area contributed by atoms with Crippen molar-refractivity contribution in [3.05, 3.63) is 47.7 Å². The predicted octanol–water partition coefficient (Wildman–Crippen LogP) is 2.42. The fourth-order valence-electron chi connectivity index (χ4n) is 2.77. The van der Waals surface area contributed by atoms with E-state index >= 15 is 0 Å². The van der Waals surface area contributed by atoms with E-state index < -0.39 is 17.7 Å². The second-order valence-corrected chi connectivity index (χ2v) is 5.41. The molecule has 1 aliphatic rings. The number of nitrogens with one attached hydrogen (secondary N) is 1. The molecule has 2 aromatic rings. The number of nitrogens with zero attached hydrogens (tertiary/aromatic N) is 1. The van der Waals surface area contributed by atoms with Crippen molar-refractivity contribution in [3.63, 3.8) is 0 Å². The lowest BCUT2D eigenvalue weighted by Crippen LogP contribution is -2.22. The molecule has 0 bridgehead atoms. The average Bonchev–Trinajstić information content (AvgIpc) is 3.20. The summed E-state index contributed by atoms with van der Waals surface area (Å²) in [6.07, 6.45) is 3.57. The van der Waals surface area contributed by atoms with Gasteiger partial charge in [-0.2, -0.15) is 0 Å². The zero-order valence-electron chi connectivity index (χ0n) is 12.3. The molecule has 1 unspecified atom stereocenters. The smallest absolute Gasteiger partial charge is 0.235 e. The zero-order chi connectivity index (χ0) is 16.2. The van der Waals surface area contributed by atoms with Gasteiger partial charge >= 0.3 is 0 Å². The van der Waals surface area contributed by atoms with Gasteiger partial charge in [0.15, 0.2) is 17.7 Å². The molecule has 1 saturated heterocycles. The Kier molecular flexibility index (Phi) is 4.66. The highest BCUT2D eigenvalue weighted by molar-refractivity contribution is 5.57. The first-order valence-electron chi connectivity index (χ1n) is 7.37. The van der Waals surface area contributed by atoms with Crippen LogP contribution in [0.2, 0.25) is 0 Å². The van der Waals surface area contributed by atoms with Gasteiger partial charge in [-0.25, -0.2) is 13.8 Å². The Morgan fingerprint density at radius 1 is 1.48 bits per heavy atom. The monoisotopic (exact) mass is 322 g/mol. The highest BCUT2D eigenvalue weighted by Gasteiger charge is 2.32. The number of oxazole rings is 1. The van der Waals surface area contributed by atoms with Crippen molar-refractivity contribution < 1.29 is 22.7 Å². The number of benzene rings is 1. The van der Waals surface area contributed by atoms with E-state index in [4.69, 9.17) is 9.15 Å². The van der Waals surface area contributed by atoms with Crippen molar-refractivity contribution in [3.8, 4) is 5.75 Å². The molecule has 7 heteroatoms. The third kappa shape index (κ3) is 3.39. The minimum absolute atomic E-state index is 0.0437. The van der Waals surface area contributed by atoms with Crippen molar-refractivity contribution in [1.29, 1.82) is 0 Å². The van der Waals surface area contributed by atoms with Gasteiger partial charge in [-0.3, -0.25) is 0 Å². The molecule has 2 atom stereocenters. The van der Waals surface area contributed by atoms with Gasteiger partial charge < -0.3 is 19.3 Å². The molecule has 1 aliphatic heterocycles. The van der Waals surface area contributed by atoms with E-state index in [1.165, 1.54) is 12.5 Å². The van der Waals surface area contributed by atoms with E-state index in [-0.39, 0.29) is 23.7 Å². The number of ether oxygens (including phenoxy) is 1. The molecule has 0 aliphatic carbocycles. The van der Waals surface area contributed by atoms with Crippen LogP contribution in [0, 0.1) is 17.6 Å². The van der Waals surface area contributed by atoms with Crippen molar-refractivity contribution >= 4 is 6.29 Å². The van der Waals surface area contributed by atoms with Crippen molar-refractivity contribution in [2.24, 2.45) is 5.92 Å². The van der Waals surface area contributed by atoms with E-state index in [1.807, 2.05) is 0 Å². The van der Waals surface area contributed by atoms with Crippen LogP contribution in [-0.2, 0) is 11.2 Å².